The maximum atomic E-state index is 13.5. The van der Waals surface area contributed by atoms with Crippen molar-refractivity contribution in [2.45, 2.75) is 26.9 Å². The molecule has 1 amide bonds. The van der Waals surface area contributed by atoms with Crippen molar-refractivity contribution in [1.29, 1.82) is 0 Å². The number of carbonyl (C=O) groups excluding carboxylic acids is 1. The summed E-state index contributed by atoms with van der Waals surface area (Å²) in [5, 5.41) is 2.96. The second-order valence-corrected chi connectivity index (χ2v) is 8.84. The lowest BCUT2D eigenvalue weighted by molar-refractivity contribution is 0.0719. The third kappa shape index (κ3) is 5.18. The van der Waals surface area contributed by atoms with E-state index in [1.165, 1.54) is 0 Å². The fourth-order valence-electron chi connectivity index (χ4n) is 3.94. The minimum atomic E-state index is 0.0648. The summed E-state index contributed by atoms with van der Waals surface area (Å²) in [5.41, 5.74) is 2.98. The minimum absolute atomic E-state index is 0.0648. The van der Waals surface area contributed by atoms with E-state index in [-0.39, 0.29) is 5.91 Å². The summed E-state index contributed by atoms with van der Waals surface area (Å²) < 4.78 is 2.19. The van der Waals surface area contributed by atoms with Crippen LogP contribution in [-0.4, -0.2) is 21.9 Å². The molecule has 0 radical (unpaired) electrons. The lowest BCUT2D eigenvalue weighted by atomic mass is 10.1. The Hall–Kier alpha value is -3.04. The van der Waals surface area contributed by atoms with E-state index in [0.29, 0.717) is 19.0 Å². The molecule has 0 atom stereocenters. The van der Waals surface area contributed by atoms with Crippen LogP contribution in [0.15, 0.2) is 85.1 Å². The molecule has 1 aromatic heterocycles. The predicted molar refractivity (Wildman–Crippen MR) is 129 cm³/mol. The van der Waals surface area contributed by atoms with Gasteiger partial charge < -0.3 is 9.47 Å². The Morgan fingerprint density at radius 1 is 0.935 bits per heavy atom. The summed E-state index contributed by atoms with van der Waals surface area (Å²) in [6.07, 6.45) is 2.06. The zero-order valence-electron chi connectivity index (χ0n) is 18.0. The molecular weight excluding hydrogens is 404 g/mol. The monoisotopic (exact) mass is 430 g/mol. The molecule has 1 heterocycles. The Bertz CT molecular complexity index is 1190. The van der Waals surface area contributed by atoms with E-state index in [4.69, 9.17) is 11.6 Å². The van der Waals surface area contributed by atoms with Crippen LogP contribution in [0, 0.1) is 5.92 Å². The largest absolute Gasteiger partial charge is 0.345 e. The highest BCUT2D eigenvalue weighted by Crippen LogP contribution is 2.20. The quantitative estimate of drug-likeness (QED) is 0.322. The van der Waals surface area contributed by atoms with Crippen molar-refractivity contribution in [1.82, 2.24) is 9.47 Å². The first-order valence-electron chi connectivity index (χ1n) is 10.7. The predicted octanol–water partition coefficient (Wildman–Crippen LogP) is 6.64. The van der Waals surface area contributed by atoms with Crippen molar-refractivity contribution >= 4 is 28.3 Å². The minimum Gasteiger partial charge on any atom is -0.345 e. The number of amides is 1. The van der Waals surface area contributed by atoms with E-state index in [1.807, 2.05) is 59.5 Å². The molecule has 3 aromatic carbocycles. The van der Waals surface area contributed by atoms with E-state index >= 15 is 0 Å². The molecule has 0 aliphatic rings. The smallest absolute Gasteiger partial charge is 0.254 e. The first kappa shape index (κ1) is 21.2. The van der Waals surface area contributed by atoms with Crippen molar-refractivity contribution in [2.24, 2.45) is 5.92 Å². The number of nitrogens with zero attached hydrogens (tertiary/aromatic N) is 2. The molecule has 0 bridgehead atoms. The fourth-order valence-corrected chi connectivity index (χ4v) is 4.15. The molecule has 0 fully saturated rings. The summed E-state index contributed by atoms with van der Waals surface area (Å²) in [5.74, 6) is 0.440. The summed E-state index contributed by atoms with van der Waals surface area (Å²) in [6, 6.07) is 26.1. The second kappa shape index (κ2) is 9.40. The number of rotatable bonds is 7. The Morgan fingerprint density at radius 2 is 1.74 bits per heavy atom. The molecular formula is C27H27ClN2O. The van der Waals surface area contributed by atoms with Gasteiger partial charge in [-0.2, -0.15) is 0 Å². The van der Waals surface area contributed by atoms with Crippen LogP contribution >= 0.6 is 11.6 Å². The van der Waals surface area contributed by atoms with Gasteiger partial charge in [-0.1, -0.05) is 67.9 Å². The van der Waals surface area contributed by atoms with Crippen LogP contribution in [0.4, 0.5) is 0 Å². The van der Waals surface area contributed by atoms with Crippen molar-refractivity contribution in [3.8, 4) is 0 Å². The van der Waals surface area contributed by atoms with Gasteiger partial charge in [0.2, 0.25) is 0 Å². The third-order valence-corrected chi connectivity index (χ3v) is 5.62. The van der Waals surface area contributed by atoms with E-state index in [9.17, 15) is 4.79 Å². The molecule has 0 saturated heterocycles. The summed E-state index contributed by atoms with van der Waals surface area (Å²) >= 11 is 6.16. The van der Waals surface area contributed by atoms with Gasteiger partial charge in [0.05, 0.1) is 6.54 Å². The number of carbonyl (C=O) groups is 1. The van der Waals surface area contributed by atoms with Crippen molar-refractivity contribution in [3.05, 3.63) is 107 Å². The Labute approximate surface area is 188 Å². The van der Waals surface area contributed by atoms with Gasteiger partial charge >= 0.3 is 0 Å². The van der Waals surface area contributed by atoms with Gasteiger partial charge in [0, 0.05) is 35.6 Å². The van der Waals surface area contributed by atoms with Crippen molar-refractivity contribution < 1.29 is 4.79 Å². The van der Waals surface area contributed by atoms with Crippen LogP contribution in [-0.2, 0) is 13.1 Å². The average molecular weight is 431 g/mol. The van der Waals surface area contributed by atoms with Crippen molar-refractivity contribution in [2.75, 3.05) is 6.54 Å². The zero-order valence-corrected chi connectivity index (χ0v) is 18.7. The highest BCUT2D eigenvalue weighted by atomic mass is 35.5. The molecule has 0 N–H and O–H groups in total. The molecule has 4 aromatic rings. The number of aromatic nitrogens is 1. The Morgan fingerprint density at radius 3 is 2.52 bits per heavy atom. The SMILES string of the molecule is CC(C)CN(Cc1cccn1Cc1cccc(Cl)c1)C(=O)c1ccc2ccccc2c1. The lowest BCUT2D eigenvalue weighted by Crippen LogP contribution is -2.34. The number of hydrogen-bond acceptors (Lipinski definition) is 1. The summed E-state index contributed by atoms with van der Waals surface area (Å²) in [6.45, 7) is 6.28. The summed E-state index contributed by atoms with van der Waals surface area (Å²) in [7, 11) is 0. The average Bonchev–Trinajstić information content (AvgIpc) is 3.18. The van der Waals surface area contributed by atoms with Gasteiger partial charge in [-0.05, 0) is 58.7 Å². The second-order valence-electron chi connectivity index (χ2n) is 8.40. The molecule has 0 aliphatic heterocycles. The number of hydrogen-bond donors (Lipinski definition) is 0. The molecule has 158 valence electrons. The van der Waals surface area contributed by atoms with Crippen LogP contribution in [0.3, 0.4) is 0 Å². The third-order valence-electron chi connectivity index (χ3n) is 5.39. The van der Waals surface area contributed by atoms with E-state index in [2.05, 4.69) is 48.9 Å². The molecule has 31 heavy (non-hydrogen) atoms. The van der Waals surface area contributed by atoms with Crippen LogP contribution < -0.4 is 0 Å². The molecule has 0 unspecified atom stereocenters. The number of benzene rings is 3. The Balaban J connectivity index is 1.58. The molecule has 3 nitrogen and oxygen atoms in total. The maximum Gasteiger partial charge on any atom is 0.254 e. The van der Waals surface area contributed by atoms with E-state index < -0.39 is 0 Å². The molecule has 0 aliphatic carbocycles. The zero-order chi connectivity index (χ0) is 21.8. The van der Waals surface area contributed by atoms with Crippen LogP contribution in [0.5, 0.6) is 0 Å². The van der Waals surface area contributed by atoms with Crippen LogP contribution in [0.2, 0.25) is 5.02 Å². The highest BCUT2D eigenvalue weighted by molar-refractivity contribution is 6.30. The van der Waals surface area contributed by atoms with Crippen molar-refractivity contribution in [3.63, 3.8) is 0 Å². The summed E-state index contributed by atoms with van der Waals surface area (Å²) in [4.78, 5) is 15.4. The first-order valence-corrected chi connectivity index (χ1v) is 11.0. The van der Waals surface area contributed by atoms with Gasteiger partial charge in [0.1, 0.15) is 0 Å². The topological polar surface area (TPSA) is 25.2 Å². The first-order chi connectivity index (χ1) is 15.0. The Kier molecular flexibility index (Phi) is 6.43. The molecule has 4 heteroatoms. The highest BCUT2D eigenvalue weighted by Gasteiger charge is 2.19. The molecule has 0 saturated carbocycles. The standard InChI is InChI=1S/C27H27ClN2O/c1-20(2)17-30(27(31)24-13-12-22-8-3-4-9-23(22)16-24)19-26-11-6-14-29(26)18-21-7-5-10-25(28)15-21/h3-16,20H,17-19H2,1-2H3. The number of fused-ring (bicyclic) bond motifs is 1. The van der Waals surface area contributed by atoms with Gasteiger partial charge in [0.15, 0.2) is 0 Å². The normalized spacial score (nSPS) is 11.2. The van der Waals surface area contributed by atoms with Gasteiger partial charge in [0.25, 0.3) is 5.91 Å². The van der Waals surface area contributed by atoms with E-state index in [1.54, 1.807) is 0 Å². The van der Waals surface area contributed by atoms with E-state index in [0.717, 1.165) is 39.2 Å². The fraction of sp³-hybridized carbons (Fsp3) is 0.222. The number of halogens is 1. The van der Waals surface area contributed by atoms with Gasteiger partial charge in [-0.25, -0.2) is 0 Å². The van der Waals surface area contributed by atoms with Crippen LogP contribution in [0.1, 0.15) is 35.5 Å². The maximum absolute atomic E-state index is 13.5. The lowest BCUT2D eigenvalue weighted by Gasteiger charge is -2.26. The van der Waals surface area contributed by atoms with Gasteiger partial charge in [-0.15, -0.1) is 0 Å². The molecule has 4 rings (SSSR count). The van der Waals surface area contributed by atoms with Gasteiger partial charge in [-0.3, -0.25) is 4.79 Å². The van der Waals surface area contributed by atoms with Crippen LogP contribution in [0.25, 0.3) is 10.8 Å². The molecule has 0 spiro atoms.